The summed E-state index contributed by atoms with van der Waals surface area (Å²) in [5.41, 5.74) is 0.775. The number of nitrogens with one attached hydrogen (secondary N) is 1. The number of benzene rings is 1. The summed E-state index contributed by atoms with van der Waals surface area (Å²) in [6, 6.07) is 6.77. The minimum atomic E-state index is -0.881. The molecule has 134 valence electrons. The standard InChI is InChI=1S/C18H17N3O5/c22-17(10-1-2-10)21-15-7-16(20-9-19-15)26-13-3-4-14-11(6-13)5-12(8-25-14)18(23)24/h3-4,6-7,9-10,12H,1-2,5,8H2,(H,23,24)(H,19,20,21,22). The summed E-state index contributed by atoms with van der Waals surface area (Å²) in [6.07, 6.45) is 3.53. The number of rotatable bonds is 5. The number of fused-ring (bicyclic) bond motifs is 1. The van der Waals surface area contributed by atoms with Crippen LogP contribution in [0.15, 0.2) is 30.6 Å². The van der Waals surface area contributed by atoms with E-state index in [1.54, 1.807) is 24.3 Å². The monoisotopic (exact) mass is 355 g/mol. The van der Waals surface area contributed by atoms with Crippen LogP contribution in [0, 0.1) is 11.8 Å². The minimum Gasteiger partial charge on any atom is -0.492 e. The van der Waals surface area contributed by atoms with E-state index in [9.17, 15) is 9.59 Å². The highest BCUT2D eigenvalue weighted by Crippen LogP contribution is 2.33. The molecule has 0 bridgehead atoms. The van der Waals surface area contributed by atoms with Crippen molar-refractivity contribution < 1.29 is 24.2 Å². The fraction of sp³-hybridized carbons (Fsp3) is 0.333. The third-order valence-corrected chi connectivity index (χ3v) is 4.35. The normalized spacial score (nSPS) is 18.4. The summed E-state index contributed by atoms with van der Waals surface area (Å²) in [6.45, 7) is 0.165. The van der Waals surface area contributed by atoms with Gasteiger partial charge >= 0.3 is 5.97 Å². The molecule has 1 amide bonds. The molecule has 8 heteroatoms. The number of carboxylic acid groups (broad SMARTS) is 1. The number of ether oxygens (including phenoxy) is 2. The Hall–Kier alpha value is -3.16. The minimum absolute atomic E-state index is 0.0414. The predicted molar refractivity (Wildman–Crippen MR) is 90.2 cm³/mol. The second-order valence-corrected chi connectivity index (χ2v) is 6.43. The number of aromatic nitrogens is 2. The van der Waals surface area contributed by atoms with E-state index in [-0.39, 0.29) is 24.3 Å². The van der Waals surface area contributed by atoms with E-state index in [2.05, 4.69) is 15.3 Å². The van der Waals surface area contributed by atoms with Crippen LogP contribution in [0.2, 0.25) is 0 Å². The van der Waals surface area contributed by atoms with Crippen molar-refractivity contribution in [1.29, 1.82) is 0 Å². The van der Waals surface area contributed by atoms with E-state index >= 15 is 0 Å². The lowest BCUT2D eigenvalue weighted by molar-refractivity contribution is -0.143. The van der Waals surface area contributed by atoms with E-state index in [0.717, 1.165) is 18.4 Å². The van der Waals surface area contributed by atoms with Gasteiger partial charge in [-0.1, -0.05) is 0 Å². The third-order valence-electron chi connectivity index (χ3n) is 4.35. The van der Waals surface area contributed by atoms with E-state index in [0.29, 0.717) is 23.7 Å². The molecular weight excluding hydrogens is 338 g/mol. The molecule has 2 aliphatic rings. The number of hydrogen-bond donors (Lipinski definition) is 2. The van der Waals surface area contributed by atoms with Gasteiger partial charge in [-0.2, -0.15) is 0 Å². The van der Waals surface area contributed by atoms with Gasteiger partial charge in [-0.25, -0.2) is 9.97 Å². The molecular formula is C18H17N3O5. The number of amides is 1. The molecule has 0 spiro atoms. The van der Waals surface area contributed by atoms with Crippen LogP contribution in [0.1, 0.15) is 18.4 Å². The van der Waals surface area contributed by atoms with Gasteiger partial charge in [0.25, 0.3) is 0 Å². The highest BCUT2D eigenvalue weighted by atomic mass is 16.5. The Balaban J connectivity index is 1.48. The Morgan fingerprint density at radius 1 is 1.19 bits per heavy atom. The summed E-state index contributed by atoms with van der Waals surface area (Å²) in [4.78, 5) is 31.0. The average molecular weight is 355 g/mol. The van der Waals surface area contributed by atoms with Crippen LogP contribution in [0.5, 0.6) is 17.4 Å². The molecule has 1 saturated carbocycles. The van der Waals surface area contributed by atoms with E-state index in [1.165, 1.54) is 6.33 Å². The van der Waals surface area contributed by atoms with Crippen LogP contribution in [-0.2, 0) is 16.0 Å². The van der Waals surface area contributed by atoms with Crippen molar-refractivity contribution in [2.24, 2.45) is 11.8 Å². The molecule has 0 saturated heterocycles. The van der Waals surface area contributed by atoms with Gasteiger partial charge in [0.1, 0.15) is 30.3 Å². The summed E-state index contributed by atoms with van der Waals surface area (Å²) >= 11 is 0. The maximum atomic E-state index is 11.8. The molecule has 0 radical (unpaired) electrons. The Morgan fingerprint density at radius 3 is 2.81 bits per heavy atom. The summed E-state index contributed by atoms with van der Waals surface area (Å²) in [5, 5.41) is 11.9. The quantitative estimate of drug-likeness (QED) is 0.846. The van der Waals surface area contributed by atoms with Crippen LogP contribution in [0.3, 0.4) is 0 Å². The van der Waals surface area contributed by atoms with Gasteiger partial charge in [-0.15, -0.1) is 0 Å². The van der Waals surface area contributed by atoms with Gasteiger partial charge < -0.3 is 19.9 Å². The summed E-state index contributed by atoms with van der Waals surface area (Å²) < 4.78 is 11.2. The number of carbonyl (C=O) groups excluding carboxylic acids is 1. The number of aliphatic carboxylic acids is 1. The van der Waals surface area contributed by atoms with Gasteiger partial charge in [-0.05, 0) is 43.0 Å². The van der Waals surface area contributed by atoms with E-state index in [1.807, 2.05) is 0 Å². The molecule has 1 aliphatic heterocycles. The Morgan fingerprint density at radius 2 is 2.04 bits per heavy atom. The molecule has 8 nitrogen and oxygen atoms in total. The molecule has 2 aromatic rings. The first-order valence-corrected chi connectivity index (χ1v) is 8.38. The maximum Gasteiger partial charge on any atom is 0.310 e. The molecule has 1 aromatic heterocycles. The lowest BCUT2D eigenvalue weighted by Crippen LogP contribution is -2.27. The lowest BCUT2D eigenvalue weighted by atomic mass is 9.97. The molecule has 1 aromatic carbocycles. The molecule has 1 fully saturated rings. The van der Waals surface area contributed by atoms with Crippen LogP contribution in [0.4, 0.5) is 5.82 Å². The number of hydrogen-bond acceptors (Lipinski definition) is 6. The number of anilines is 1. The average Bonchev–Trinajstić information content (AvgIpc) is 3.46. The topological polar surface area (TPSA) is 111 Å². The van der Waals surface area contributed by atoms with Crippen LogP contribution in [-0.4, -0.2) is 33.6 Å². The van der Waals surface area contributed by atoms with Crippen molar-refractivity contribution in [2.75, 3.05) is 11.9 Å². The van der Waals surface area contributed by atoms with Gasteiger partial charge in [0, 0.05) is 12.0 Å². The second kappa shape index (κ2) is 6.62. The van der Waals surface area contributed by atoms with Crippen molar-refractivity contribution in [3.8, 4) is 17.4 Å². The fourth-order valence-corrected chi connectivity index (χ4v) is 2.75. The van der Waals surface area contributed by atoms with E-state index in [4.69, 9.17) is 14.6 Å². The molecule has 26 heavy (non-hydrogen) atoms. The van der Waals surface area contributed by atoms with E-state index < -0.39 is 11.9 Å². The molecule has 2 heterocycles. The number of carbonyl (C=O) groups is 2. The number of carboxylic acids is 1. The van der Waals surface area contributed by atoms with Crippen LogP contribution in [0.25, 0.3) is 0 Å². The van der Waals surface area contributed by atoms with Gasteiger partial charge in [0.2, 0.25) is 11.8 Å². The first-order chi connectivity index (χ1) is 12.6. The van der Waals surface area contributed by atoms with Crippen molar-refractivity contribution >= 4 is 17.7 Å². The Kier molecular flexibility index (Phi) is 4.16. The zero-order valence-corrected chi connectivity index (χ0v) is 13.8. The van der Waals surface area contributed by atoms with Crippen LogP contribution < -0.4 is 14.8 Å². The van der Waals surface area contributed by atoms with Crippen molar-refractivity contribution in [3.63, 3.8) is 0 Å². The van der Waals surface area contributed by atoms with Crippen molar-refractivity contribution in [2.45, 2.75) is 19.3 Å². The molecule has 1 aliphatic carbocycles. The molecule has 4 rings (SSSR count). The first-order valence-electron chi connectivity index (χ1n) is 8.38. The second-order valence-electron chi connectivity index (χ2n) is 6.43. The largest absolute Gasteiger partial charge is 0.492 e. The molecule has 1 unspecified atom stereocenters. The smallest absolute Gasteiger partial charge is 0.310 e. The fourth-order valence-electron chi connectivity index (χ4n) is 2.75. The highest BCUT2D eigenvalue weighted by Gasteiger charge is 2.30. The molecule has 2 N–H and O–H groups in total. The van der Waals surface area contributed by atoms with Gasteiger partial charge in [-0.3, -0.25) is 9.59 Å². The first kappa shape index (κ1) is 16.3. The summed E-state index contributed by atoms with van der Waals surface area (Å²) in [7, 11) is 0. The van der Waals surface area contributed by atoms with Crippen molar-refractivity contribution in [1.82, 2.24) is 9.97 Å². The number of nitrogens with zero attached hydrogens (tertiary/aromatic N) is 2. The SMILES string of the molecule is O=C(O)C1COc2ccc(Oc3cc(NC(=O)C4CC4)ncn3)cc2C1. The summed E-state index contributed by atoms with van der Waals surface area (Å²) in [5.74, 6) is 0.440. The zero-order valence-electron chi connectivity index (χ0n) is 13.8. The molecule has 1 atom stereocenters. The zero-order chi connectivity index (χ0) is 18.1. The van der Waals surface area contributed by atoms with Crippen LogP contribution >= 0.6 is 0 Å². The van der Waals surface area contributed by atoms with Crippen molar-refractivity contribution in [3.05, 3.63) is 36.2 Å². The highest BCUT2D eigenvalue weighted by molar-refractivity contribution is 5.93. The predicted octanol–water partition coefficient (Wildman–Crippen LogP) is 2.25. The Bertz CT molecular complexity index is 866. The van der Waals surface area contributed by atoms with Gasteiger partial charge in [0.05, 0.1) is 5.92 Å². The maximum absolute atomic E-state index is 11.8. The van der Waals surface area contributed by atoms with Gasteiger partial charge in [0.15, 0.2) is 0 Å². The Labute approximate surface area is 149 Å². The third kappa shape index (κ3) is 3.58. The lowest BCUT2D eigenvalue weighted by Gasteiger charge is -2.22.